The monoisotopic (exact) mass is 556 g/mol. The second kappa shape index (κ2) is 17.7. The van der Waals surface area contributed by atoms with Gasteiger partial charge in [0.05, 0.1) is 0 Å². The zero-order valence-corrected chi connectivity index (χ0v) is 22.5. The largest absolute Gasteiger partial charge is 0.444 e. The van der Waals surface area contributed by atoms with Crippen LogP contribution in [0.25, 0.3) is 0 Å². The number of ether oxygens (including phenoxy) is 3. The van der Waals surface area contributed by atoms with E-state index in [1.807, 2.05) is 20.8 Å². The van der Waals surface area contributed by atoms with E-state index in [1.165, 1.54) is 0 Å². The highest BCUT2D eigenvalue weighted by atomic mass is 127. The highest BCUT2D eigenvalue weighted by Gasteiger charge is 2.18. The molecule has 1 atom stereocenters. The van der Waals surface area contributed by atoms with E-state index in [0.717, 1.165) is 77.5 Å². The van der Waals surface area contributed by atoms with Crippen LogP contribution in [0.3, 0.4) is 0 Å². The predicted molar refractivity (Wildman–Crippen MR) is 136 cm³/mol. The van der Waals surface area contributed by atoms with E-state index in [0.29, 0.717) is 12.5 Å². The van der Waals surface area contributed by atoms with Gasteiger partial charge in [0.25, 0.3) is 0 Å². The number of amides is 1. The summed E-state index contributed by atoms with van der Waals surface area (Å²) >= 11 is 0. The van der Waals surface area contributed by atoms with Gasteiger partial charge in [-0.25, -0.2) is 4.79 Å². The fourth-order valence-corrected chi connectivity index (χ4v) is 3.13. The highest BCUT2D eigenvalue weighted by Crippen LogP contribution is 2.14. The van der Waals surface area contributed by atoms with Crippen molar-refractivity contribution in [2.75, 3.05) is 46.6 Å². The summed E-state index contributed by atoms with van der Waals surface area (Å²) in [5.41, 5.74) is -0.499. The molecule has 1 aliphatic heterocycles. The minimum Gasteiger partial charge on any atom is -0.444 e. The van der Waals surface area contributed by atoms with Crippen molar-refractivity contribution in [1.29, 1.82) is 0 Å². The third kappa shape index (κ3) is 16.5. The molecule has 3 N–H and O–H groups in total. The molecule has 0 aromatic carbocycles. The van der Waals surface area contributed by atoms with Gasteiger partial charge < -0.3 is 30.2 Å². The number of carbonyl (C=O) groups is 1. The number of carbonyl (C=O) groups excluding carboxylic acids is 1. The van der Waals surface area contributed by atoms with Gasteiger partial charge in [0, 0.05) is 52.6 Å². The molecule has 1 unspecified atom stereocenters. The van der Waals surface area contributed by atoms with Gasteiger partial charge in [-0.3, -0.25) is 4.99 Å². The van der Waals surface area contributed by atoms with Crippen LogP contribution >= 0.6 is 24.0 Å². The number of halogens is 1. The summed E-state index contributed by atoms with van der Waals surface area (Å²) in [6, 6.07) is 0.0911. The van der Waals surface area contributed by atoms with Crippen molar-refractivity contribution in [2.24, 2.45) is 10.9 Å². The fraction of sp³-hybridized carbons (Fsp3) is 0.909. The number of guanidine groups is 1. The van der Waals surface area contributed by atoms with E-state index in [4.69, 9.17) is 14.2 Å². The molecular formula is C22H45IN4O4. The minimum atomic E-state index is -0.499. The molecule has 0 aliphatic carbocycles. The molecule has 1 aliphatic rings. The molecule has 1 amide bonds. The minimum absolute atomic E-state index is 0. The highest BCUT2D eigenvalue weighted by molar-refractivity contribution is 14.0. The lowest BCUT2D eigenvalue weighted by Crippen LogP contribution is -2.49. The van der Waals surface area contributed by atoms with Crippen molar-refractivity contribution in [3.8, 4) is 0 Å². The predicted octanol–water partition coefficient (Wildman–Crippen LogP) is 3.69. The van der Waals surface area contributed by atoms with E-state index >= 15 is 0 Å². The Bertz CT molecular complexity index is 494. The van der Waals surface area contributed by atoms with Crippen molar-refractivity contribution < 1.29 is 19.0 Å². The Morgan fingerprint density at radius 3 is 2.52 bits per heavy atom. The normalized spacial score (nSPS) is 16.2. The molecule has 1 saturated heterocycles. The smallest absolute Gasteiger partial charge is 0.407 e. The summed E-state index contributed by atoms with van der Waals surface area (Å²) in [6.45, 7) is 12.3. The van der Waals surface area contributed by atoms with Crippen LogP contribution in [0.1, 0.15) is 66.2 Å². The third-order valence-electron chi connectivity index (χ3n) is 4.81. The maximum Gasteiger partial charge on any atom is 0.407 e. The summed E-state index contributed by atoms with van der Waals surface area (Å²) in [7, 11) is 1.76. The fourth-order valence-electron chi connectivity index (χ4n) is 3.13. The third-order valence-corrected chi connectivity index (χ3v) is 4.81. The first kappa shape index (κ1) is 30.2. The van der Waals surface area contributed by atoms with Crippen LogP contribution in [-0.4, -0.2) is 70.3 Å². The summed E-state index contributed by atoms with van der Waals surface area (Å²) in [6.07, 6.45) is 5.85. The second-order valence-electron chi connectivity index (χ2n) is 8.85. The first-order valence-corrected chi connectivity index (χ1v) is 11.4. The lowest BCUT2D eigenvalue weighted by atomic mass is 10.0. The van der Waals surface area contributed by atoms with Gasteiger partial charge in [0.1, 0.15) is 5.60 Å². The number of rotatable bonds is 12. The van der Waals surface area contributed by atoms with E-state index in [2.05, 4.69) is 27.9 Å². The Morgan fingerprint density at radius 1 is 1.19 bits per heavy atom. The van der Waals surface area contributed by atoms with Crippen LogP contribution in [-0.2, 0) is 14.2 Å². The van der Waals surface area contributed by atoms with E-state index in [-0.39, 0.29) is 30.0 Å². The molecule has 184 valence electrons. The number of aliphatic imine (C=N–C) groups is 1. The molecule has 0 aromatic heterocycles. The van der Waals surface area contributed by atoms with E-state index in [1.54, 1.807) is 7.05 Å². The topological polar surface area (TPSA) is 93.2 Å². The first-order chi connectivity index (χ1) is 14.3. The number of alkyl carbamates (subject to hydrolysis) is 1. The Labute approximate surface area is 206 Å². The van der Waals surface area contributed by atoms with Crippen molar-refractivity contribution in [3.05, 3.63) is 0 Å². The molecule has 9 heteroatoms. The van der Waals surface area contributed by atoms with Crippen LogP contribution < -0.4 is 16.0 Å². The number of nitrogens with one attached hydrogen (secondary N) is 3. The molecule has 1 rings (SSSR count). The Balaban J connectivity index is 0.00000900. The van der Waals surface area contributed by atoms with Gasteiger partial charge in [-0.05, 0) is 52.4 Å². The van der Waals surface area contributed by atoms with Gasteiger partial charge in [0.2, 0.25) is 0 Å². The Hall–Kier alpha value is -0.810. The van der Waals surface area contributed by atoms with E-state index in [9.17, 15) is 4.79 Å². The van der Waals surface area contributed by atoms with E-state index < -0.39 is 11.7 Å². The molecular weight excluding hydrogens is 511 g/mol. The standard InChI is InChI=1S/C22H44N4O4.HI/c1-6-7-9-19(16-25-21(27)30-22(2,3)4)26-20(23-5)24-12-8-13-29-17-18-10-14-28-15-11-18;/h18-19H,6-17H2,1-5H3,(H,25,27)(H2,23,24,26);1H. The van der Waals surface area contributed by atoms with Crippen LogP contribution in [0.5, 0.6) is 0 Å². The van der Waals surface area contributed by atoms with Crippen molar-refractivity contribution in [3.63, 3.8) is 0 Å². The second-order valence-corrected chi connectivity index (χ2v) is 8.85. The summed E-state index contributed by atoms with van der Waals surface area (Å²) < 4.78 is 16.5. The van der Waals surface area contributed by atoms with Gasteiger partial charge in [-0.2, -0.15) is 0 Å². The SMILES string of the molecule is CCCCC(CNC(=O)OC(C)(C)C)NC(=NC)NCCCOCC1CCOCC1.I. The molecule has 1 fully saturated rings. The quantitative estimate of drug-likeness (QED) is 0.147. The lowest BCUT2D eigenvalue weighted by molar-refractivity contribution is 0.0203. The van der Waals surface area contributed by atoms with Crippen molar-refractivity contribution >= 4 is 36.0 Å². The average Bonchev–Trinajstić information content (AvgIpc) is 2.70. The molecule has 0 aromatic rings. The van der Waals surface area contributed by atoms with Crippen LogP contribution in [0.4, 0.5) is 4.79 Å². The molecule has 0 spiro atoms. The number of nitrogens with zero attached hydrogens (tertiary/aromatic N) is 1. The van der Waals surface area contributed by atoms with Crippen LogP contribution in [0.2, 0.25) is 0 Å². The number of hydrogen-bond donors (Lipinski definition) is 3. The Kier molecular flexibility index (Phi) is 17.2. The van der Waals surface area contributed by atoms with Crippen LogP contribution in [0.15, 0.2) is 4.99 Å². The summed E-state index contributed by atoms with van der Waals surface area (Å²) in [5, 5.41) is 9.61. The molecule has 0 radical (unpaired) electrons. The maximum atomic E-state index is 12.0. The number of unbranched alkanes of at least 4 members (excludes halogenated alkanes) is 1. The molecule has 1 heterocycles. The maximum absolute atomic E-state index is 12.0. The zero-order valence-electron chi connectivity index (χ0n) is 20.1. The Morgan fingerprint density at radius 2 is 1.90 bits per heavy atom. The van der Waals surface area contributed by atoms with Gasteiger partial charge in [0.15, 0.2) is 5.96 Å². The number of hydrogen-bond acceptors (Lipinski definition) is 5. The van der Waals surface area contributed by atoms with Crippen molar-refractivity contribution in [1.82, 2.24) is 16.0 Å². The van der Waals surface area contributed by atoms with Gasteiger partial charge >= 0.3 is 6.09 Å². The summed E-state index contributed by atoms with van der Waals surface area (Å²) in [5.74, 6) is 1.38. The van der Waals surface area contributed by atoms with Crippen LogP contribution in [0, 0.1) is 5.92 Å². The summed E-state index contributed by atoms with van der Waals surface area (Å²) in [4.78, 5) is 16.3. The molecule has 0 bridgehead atoms. The van der Waals surface area contributed by atoms with Crippen molar-refractivity contribution in [2.45, 2.75) is 77.9 Å². The van der Waals surface area contributed by atoms with Gasteiger partial charge in [-0.15, -0.1) is 24.0 Å². The molecule has 8 nitrogen and oxygen atoms in total. The average molecular weight is 557 g/mol. The van der Waals surface area contributed by atoms with Gasteiger partial charge in [-0.1, -0.05) is 19.8 Å². The molecule has 0 saturated carbocycles. The first-order valence-electron chi connectivity index (χ1n) is 11.4. The zero-order chi connectivity index (χ0) is 22.2. The molecule has 31 heavy (non-hydrogen) atoms. The lowest BCUT2D eigenvalue weighted by Gasteiger charge is -2.24.